The summed E-state index contributed by atoms with van der Waals surface area (Å²) in [5.74, 6) is 0.679. The average molecular weight is 538 g/mol. The SMILES string of the molecule is c1ccc(-c2nc(-c3ccccc3)c3oc4ccc(-n5c6ccccc6c6c7ccccc7ccc65)cc4c3n2)cc1. The maximum atomic E-state index is 6.50. The Labute approximate surface area is 241 Å². The first-order valence-corrected chi connectivity index (χ1v) is 14.1. The van der Waals surface area contributed by atoms with Gasteiger partial charge >= 0.3 is 0 Å². The van der Waals surface area contributed by atoms with Gasteiger partial charge in [-0.3, -0.25) is 0 Å². The van der Waals surface area contributed by atoms with Gasteiger partial charge in [0.2, 0.25) is 0 Å². The lowest BCUT2D eigenvalue weighted by molar-refractivity contribution is 0.667. The molecular weight excluding hydrogens is 514 g/mol. The van der Waals surface area contributed by atoms with Crippen LogP contribution in [0.1, 0.15) is 0 Å². The Morgan fingerprint density at radius 3 is 2.07 bits per heavy atom. The van der Waals surface area contributed by atoms with Crippen molar-refractivity contribution in [3.05, 3.63) is 140 Å². The Kier molecular flexibility index (Phi) is 4.87. The van der Waals surface area contributed by atoms with E-state index in [1.165, 1.54) is 32.6 Å². The van der Waals surface area contributed by atoms with E-state index in [1.54, 1.807) is 0 Å². The molecule has 0 saturated carbocycles. The number of para-hydroxylation sites is 1. The van der Waals surface area contributed by atoms with Crippen molar-refractivity contribution in [2.75, 3.05) is 0 Å². The molecule has 0 atom stereocenters. The number of hydrogen-bond donors (Lipinski definition) is 0. The second kappa shape index (κ2) is 8.88. The van der Waals surface area contributed by atoms with Crippen LogP contribution in [0.5, 0.6) is 0 Å². The highest BCUT2D eigenvalue weighted by atomic mass is 16.3. The van der Waals surface area contributed by atoms with Gasteiger partial charge in [0.05, 0.1) is 11.0 Å². The fourth-order valence-electron chi connectivity index (χ4n) is 6.30. The molecule has 0 saturated heterocycles. The first-order chi connectivity index (χ1) is 20.8. The van der Waals surface area contributed by atoms with E-state index in [9.17, 15) is 0 Å². The first-order valence-electron chi connectivity index (χ1n) is 14.1. The maximum absolute atomic E-state index is 6.50. The second-order valence-electron chi connectivity index (χ2n) is 10.6. The van der Waals surface area contributed by atoms with Crippen LogP contribution < -0.4 is 0 Å². The van der Waals surface area contributed by atoms with Crippen molar-refractivity contribution in [1.29, 1.82) is 0 Å². The van der Waals surface area contributed by atoms with Crippen LogP contribution in [0.4, 0.5) is 0 Å². The van der Waals surface area contributed by atoms with E-state index in [1.807, 2.05) is 48.5 Å². The summed E-state index contributed by atoms with van der Waals surface area (Å²) in [4.78, 5) is 10.1. The van der Waals surface area contributed by atoms with Crippen LogP contribution in [-0.4, -0.2) is 14.5 Å². The topological polar surface area (TPSA) is 43.9 Å². The van der Waals surface area contributed by atoms with E-state index < -0.39 is 0 Å². The molecular formula is C38H23N3O. The van der Waals surface area contributed by atoms with Crippen molar-refractivity contribution in [3.63, 3.8) is 0 Å². The van der Waals surface area contributed by atoms with Crippen molar-refractivity contribution >= 4 is 54.6 Å². The van der Waals surface area contributed by atoms with Gasteiger partial charge in [0.1, 0.15) is 16.8 Å². The summed E-state index contributed by atoms with van der Waals surface area (Å²) in [6.45, 7) is 0. The third-order valence-corrected chi connectivity index (χ3v) is 8.20. The monoisotopic (exact) mass is 537 g/mol. The summed E-state index contributed by atoms with van der Waals surface area (Å²) in [5.41, 5.74) is 8.45. The molecule has 0 spiro atoms. The van der Waals surface area contributed by atoms with Crippen molar-refractivity contribution in [1.82, 2.24) is 14.5 Å². The molecule has 9 aromatic rings. The van der Waals surface area contributed by atoms with Crippen LogP contribution in [0.3, 0.4) is 0 Å². The zero-order valence-corrected chi connectivity index (χ0v) is 22.5. The molecule has 0 N–H and O–H groups in total. The number of rotatable bonds is 3. The Hall–Kier alpha value is -5.74. The molecule has 0 bridgehead atoms. The van der Waals surface area contributed by atoms with E-state index in [4.69, 9.17) is 14.4 Å². The predicted molar refractivity (Wildman–Crippen MR) is 172 cm³/mol. The lowest BCUT2D eigenvalue weighted by atomic mass is 10.0. The standard InChI is InChI=1S/C38H23N3O/c1-3-12-25(13-4-1)35-37-36(40-38(39-35)26-14-5-2-6-15-26)30-23-27(20-22-33(30)42-37)41-31-18-10-9-17-29(31)34-28-16-8-7-11-24(28)19-21-32(34)41/h1-23H. The molecule has 0 amide bonds. The smallest absolute Gasteiger partial charge is 0.180 e. The second-order valence-corrected chi connectivity index (χ2v) is 10.6. The Balaban J connectivity index is 1.36. The Morgan fingerprint density at radius 2 is 1.24 bits per heavy atom. The molecule has 0 aliphatic carbocycles. The van der Waals surface area contributed by atoms with Gasteiger partial charge in [0, 0.05) is 33.0 Å². The van der Waals surface area contributed by atoms with E-state index in [2.05, 4.69) is 95.6 Å². The third-order valence-electron chi connectivity index (χ3n) is 8.20. The van der Waals surface area contributed by atoms with E-state index in [-0.39, 0.29) is 0 Å². The zero-order valence-electron chi connectivity index (χ0n) is 22.5. The molecule has 0 fully saturated rings. The van der Waals surface area contributed by atoms with Gasteiger partial charge in [-0.05, 0) is 41.1 Å². The minimum atomic E-state index is 0.679. The zero-order chi connectivity index (χ0) is 27.6. The van der Waals surface area contributed by atoms with Crippen molar-refractivity contribution < 1.29 is 4.42 Å². The largest absolute Gasteiger partial charge is 0.452 e. The van der Waals surface area contributed by atoms with Gasteiger partial charge in [0.15, 0.2) is 11.4 Å². The van der Waals surface area contributed by atoms with Crippen LogP contribution in [0.15, 0.2) is 144 Å². The molecule has 0 aliphatic heterocycles. The Bertz CT molecular complexity index is 2460. The summed E-state index contributed by atoms with van der Waals surface area (Å²) >= 11 is 0. The molecule has 4 nitrogen and oxygen atoms in total. The summed E-state index contributed by atoms with van der Waals surface area (Å²) in [6, 6.07) is 48.4. The van der Waals surface area contributed by atoms with Gasteiger partial charge in [-0.25, -0.2) is 9.97 Å². The van der Waals surface area contributed by atoms with Crippen LogP contribution in [0.25, 0.3) is 83.0 Å². The first kappa shape index (κ1) is 23.0. The lowest BCUT2D eigenvalue weighted by Crippen LogP contribution is -1.94. The third kappa shape index (κ3) is 3.36. The molecule has 4 heteroatoms. The molecule has 0 aliphatic rings. The fraction of sp³-hybridized carbons (Fsp3) is 0. The molecule has 0 radical (unpaired) electrons. The lowest BCUT2D eigenvalue weighted by Gasteiger charge is -2.08. The Morgan fingerprint density at radius 1 is 0.524 bits per heavy atom. The highest BCUT2D eigenvalue weighted by Gasteiger charge is 2.20. The predicted octanol–water partition coefficient (Wildman–Crippen LogP) is 9.96. The summed E-state index contributed by atoms with van der Waals surface area (Å²) in [6.07, 6.45) is 0. The number of fused-ring (bicyclic) bond motifs is 8. The van der Waals surface area contributed by atoms with Crippen LogP contribution >= 0.6 is 0 Å². The quantitative estimate of drug-likeness (QED) is 0.225. The summed E-state index contributed by atoms with van der Waals surface area (Å²) in [5, 5.41) is 5.96. The van der Waals surface area contributed by atoms with Gasteiger partial charge in [-0.2, -0.15) is 0 Å². The van der Waals surface area contributed by atoms with Gasteiger partial charge in [-0.15, -0.1) is 0 Å². The molecule has 3 heterocycles. The van der Waals surface area contributed by atoms with Gasteiger partial charge in [-0.1, -0.05) is 109 Å². The molecule has 0 unspecified atom stereocenters. The summed E-state index contributed by atoms with van der Waals surface area (Å²) in [7, 11) is 0. The van der Waals surface area contributed by atoms with Crippen LogP contribution in [-0.2, 0) is 0 Å². The minimum Gasteiger partial charge on any atom is -0.452 e. The van der Waals surface area contributed by atoms with Crippen molar-refractivity contribution in [3.8, 4) is 28.3 Å². The molecule has 42 heavy (non-hydrogen) atoms. The molecule has 9 rings (SSSR count). The number of furan rings is 1. The summed E-state index contributed by atoms with van der Waals surface area (Å²) < 4.78 is 8.85. The molecule has 196 valence electrons. The van der Waals surface area contributed by atoms with Gasteiger partial charge < -0.3 is 8.98 Å². The number of aromatic nitrogens is 3. The van der Waals surface area contributed by atoms with E-state index in [0.717, 1.165) is 39.0 Å². The number of hydrogen-bond acceptors (Lipinski definition) is 3. The van der Waals surface area contributed by atoms with Crippen molar-refractivity contribution in [2.45, 2.75) is 0 Å². The van der Waals surface area contributed by atoms with E-state index in [0.29, 0.717) is 11.4 Å². The maximum Gasteiger partial charge on any atom is 0.180 e. The number of benzene rings is 6. The van der Waals surface area contributed by atoms with Crippen molar-refractivity contribution in [2.24, 2.45) is 0 Å². The van der Waals surface area contributed by atoms with Gasteiger partial charge in [0.25, 0.3) is 0 Å². The van der Waals surface area contributed by atoms with Crippen LogP contribution in [0.2, 0.25) is 0 Å². The minimum absolute atomic E-state index is 0.679. The molecule has 6 aromatic carbocycles. The number of nitrogens with zero attached hydrogens (tertiary/aromatic N) is 3. The highest BCUT2D eigenvalue weighted by Crippen LogP contribution is 2.40. The average Bonchev–Trinajstić information content (AvgIpc) is 3.60. The normalized spacial score (nSPS) is 11.8. The van der Waals surface area contributed by atoms with E-state index >= 15 is 0 Å². The highest BCUT2D eigenvalue weighted by molar-refractivity contribution is 6.21. The van der Waals surface area contributed by atoms with Crippen LogP contribution in [0, 0.1) is 0 Å². The molecule has 3 aromatic heterocycles. The fourth-order valence-corrected chi connectivity index (χ4v) is 6.30.